The Morgan fingerprint density at radius 3 is 2.38 bits per heavy atom. The molecule has 0 heterocycles. The molecule has 2 rings (SSSR count). The Balaban J connectivity index is 2.35. The predicted octanol–water partition coefficient (Wildman–Crippen LogP) is 2.53. The Hall–Kier alpha value is -1.99. The Labute approximate surface area is 121 Å². The van der Waals surface area contributed by atoms with Crippen molar-refractivity contribution < 1.29 is 17.2 Å². The fourth-order valence-electron chi connectivity index (χ4n) is 1.80. The van der Waals surface area contributed by atoms with Gasteiger partial charge >= 0.3 is 0 Å². The summed E-state index contributed by atoms with van der Waals surface area (Å²) in [5.41, 5.74) is 6.01. The largest absolute Gasteiger partial charge is 0.326 e. The molecule has 0 aliphatic rings. The van der Waals surface area contributed by atoms with Crippen molar-refractivity contribution in [1.29, 1.82) is 0 Å². The van der Waals surface area contributed by atoms with E-state index in [1.165, 1.54) is 31.2 Å². The standard InChI is InChI=1S/C14H14F2N2O2S/c1-9-6-11(2-4-13(9)15)18-21(19,20)12-3-5-14(16)10(7-12)8-17/h2-7,18H,8,17H2,1H3. The Morgan fingerprint density at radius 1 is 1.10 bits per heavy atom. The van der Waals surface area contributed by atoms with Crippen LogP contribution in [-0.4, -0.2) is 8.42 Å². The SMILES string of the molecule is Cc1cc(NS(=O)(=O)c2ccc(F)c(CN)c2)ccc1F. The van der Waals surface area contributed by atoms with Gasteiger partial charge in [-0.1, -0.05) is 0 Å². The quantitative estimate of drug-likeness (QED) is 0.911. The summed E-state index contributed by atoms with van der Waals surface area (Å²) in [7, 11) is -3.89. The van der Waals surface area contributed by atoms with Crippen LogP contribution in [0.5, 0.6) is 0 Å². The lowest BCUT2D eigenvalue weighted by molar-refractivity contribution is 0.596. The number of rotatable bonds is 4. The van der Waals surface area contributed by atoms with E-state index in [1.54, 1.807) is 0 Å². The van der Waals surface area contributed by atoms with Crippen LogP contribution in [0.15, 0.2) is 41.3 Å². The van der Waals surface area contributed by atoms with E-state index in [4.69, 9.17) is 5.73 Å². The van der Waals surface area contributed by atoms with E-state index in [1.807, 2.05) is 0 Å². The third kappa shape index (κ3) is 3.37. The van der Waals surface area contributed by atoms with Crippen molar-refractivity contribution >= 4 is 15.7 Å². The lowest BCUT2D eigenvalue weighted by Crippen LogP contribution is -2.14. The molecule has 0 aromatic heterocycles. The monoisotopic (exact) mass is 312 g/mol. The van der Waals surface area contributed by atoms with Crippen molar-refractivity contribution in [1.82, 2.24) is 0 Å². The third-order valence-electron chi connectivity index (χ3n) is 2.96. The van der Waals surface area contributed by atoms with Crippen molar-refractivity contribution in [2.24, 2.45) is 5.73 Å². The van der Waals surface area contributed by atoms with Crippen molar-refractivity contribution in [2.45, 2.75) is 18.4 Å². The fraction of sp³-hybridized carbons (Fsp3) is 0.143. The van der Waals surface area contributed by atoms with Gasteiger partial charge in [0.1, 0.15) is 11.6 Å². The normalized spacial score (nSPS) is 11.4. The number of hydrogen-bond donors (Lipinski definition) is 2. The van der Waals surface area contributed by atoms with Crippen molar-refractivity contribution in [2.75, 3.05) is 4.72 Å². The minimum atomic E-state index is -3.89. The van der Waals surface area contributed by atoms with Gasteiger partial charge in [0, 0.05) is 17.8 Å². The van der Waals surface area contributed by atoms with Gasteiger partial charge in [-0.15, -0.1) is 0 Å². The van der Waals surface area contributed by atoms with E-state index in [0.717, 1.165) is 12.1 Å². The minimum Gasteiger partial charge on any atom is -0.326 e. The molecule has 0 saturated heterocycles. The maximum atomic E-state index is 13.3. The number of anilines is 1. The average Bonchev–Trinajstić information content (AvgIpc) is 2.43. The molecule has 112 valence electrons. The van der Waals surface area contributed by atoms with Gasteiger partial charge in [0.15, 0.2) is 0 Å². The molecule has 0 atom stereocenters. The van der Waals surface area contributed by atoms with E-state index in [-0.39, 0.29) is 22.7 Å². The second kappa shape index (κ2) is 5.79. The number of nitrogens with one attached hydrogen (secondary N) is 1. The predicted molar refractivity (Wildman–Crippen MR) is 76.2 cm³/mol. The van der Waals surface area contributed by atoms with Gasteiger partial charge < -0.3 is 5.73 Å². The number of hydrogen-bond acceptors (Lipinski definition) is 3. The van der Waals surface area contributed by atoms with E-state index in [0.29, 0.717) is 5.56 Å². The highest BCUT2D eigenvalue weighted by Gasteiger charge is 2.16. The molecule has 0 radical (unpaired) electrons. The first-order valence-electron chi connectivity index (χ1n) is 6.11. The molecule has 0 aliphatic heterocycles. The zero-order chi connectivity index (χ0) is 15.6. The number of halogens is 2. The smallest absolute Gasteiger partial charge is 0.261 e. The summed E-state index contributed by atoms with van der Waals surface area (Å²) in [6.45, 7) is 1.42. The molecule has 4 nitrogen and oxygen atoms in total. The molecule has 7 heteroatoms. The Bertz CT molecular complexity index is 777. The van der Waals surface area contributed by atoms with Crippen molar-refractivity contribution in [3.8, 4) is 0 Å². The van der Waals surface area contributed by atoms with Crippen LogP contribution >= 0.6 is 0 Å². The first-order chi connectivity index (χ1) is 9.83. The summed E-state index contributed by atoms with van der Waals surface area (Å²) in [6, 6.07) is 7.23. The van der Waals surface area contributed by atoms with E-state index >= 15 is 0 Å². The summed E-state index contributed by atoms with van der Waals surface area (Å²) < 4.78 is 53.2. The van der Waals surface area contributed by atoms with Crippen LogP contribution < -0.4 is 10.5 Å². The maximum Gasteiger partial charge on any atom is 0.261 e. The van der Waals surface area contributed by atoms with Crippen LogP contribution in [0.2, 0.25) is 0 Å². The summed E-state index contributed by atoms with van der Waals surface area (Å²) in [6.07, 6.45) is 0. The molecular weight excluding hydrogens is 298 g/mol. The highest BCUT2D eigenvalue weighted by molar-refractivity contribution is 7.92. The minimum absolute atomic E-state index is 0.105. The lowest BCUT2D eigenvalue weighted by atomic mass is 10.2. The Morgan fingerprint density at radius 2 is 1.76 bits per heavy atom. The molecule has 0 unspecified atom stereocenters. The second-order valence-corrected chi connectivity index (χ2v) is 6.21. The zero-order valence-corrected chi connectivity index (χ0v) is 12.0. The summed E-state index contributed by atoms with van der Waals surface area (Å²) in [5.74, 6) is -0.987. The molecular formula is C14H14F2N2O2S. The van der Waals surface area contributed by atoms with Crippen LogP contribution in [-0.2, 0) is 16.6 Å². The highest BCUT2D eigenvalue weighted by atomic mass is 32.2. The molecule has 0 aliphatic carbocycles. The Kier molecular flexibility index (Phi) is 4.24. The van der Waals surface area contributed by atoms with Gasteiger partial charge in [-0.25, -0.2) is 17.2 Å². The zero-order valence-electron chi connectivity index (χ0n) is 11.2. The molecule has 0 spiro atoms. The highest BCUT2D eigenvalue weighted by Crippen LogP contribution is 2.20. The molecule has 2 aromatic carbocycles. The first kappa shape index (κ1) is 15.4. The molecule has 0 fully saturated rings. The van der Waals surface area contributed by atoms with E-state index < -0.39 is 21.7 Å². The van der Waals surface area contributed by atoms with Crippen LogP contribution in [0.4, 0.5) is 14.5 Å². The topological polar surface area (TPSA) is 72.2 Å². The number of benzene rings is 2. The molecule has 0 bridgehead atoms. The number of aryl methyl sites for hydroxylation is 1. The molecule has 0 amide bonds. The van der Waals surface area contributed by atoms with Gasteiger partial charge in [0.05, 0.1) is 4.90 Å². The van der Waals surface area contributed by atoms with Crippen LogP contribution in [0, 0.1) is 18.6 Å². The van der Waals surface area contributed by atoms with E-state index in [2.05, 4.69) is 4.72 Å². The summed E-state index contributed by atoms with van der Waals surface area (Å²) >= 11 is 0. The second-order valence-electron chi connectivity index (χ2n) is 4.53. The fourth-order valence-corrected chi connectivity index (χ4v) is 2.90. The lowest BCUT2D eigenvalue weighted by Gasteiger charge is -2.10. The van der Waals surface area contributed by atoms with Gasteiger partial charge in [-0.05, 0) is 48.9 Å². The summed E-state index contributed by atoms with van der Waals surface area (Å²) in [5, 5.41) is 0. The van der Waals surface area contributed by atoms with Gasteiger partial charge in [0.25, 0.3) is 10.0 Å². The molecule has 21 heavy (non-hydrogen) atoms. The molecule has 3 N–H and O–H groups in total. The first-order valence-corrected chi connectivity index (χ1v) is 7.59. The number of sulfonamides is 1. The molecule has 2 aromatic rings. The van der Waals surface area contributed by atoms with Gasteiger partial charge in [-0.2, -0.15) is 0 Å². The van der Waals surface area contributed by atoms with Crippen LogP contribution in [0.3, 0.4) is 0 Å². The summed E-state index contributed by atoms with van der Waals surface area (Å²) in [4.78, 5) is -0.105. The average molecular weight is 312 g/mol. The number of nitrogens with two attached hydrogens (primary N) is 1. The van der Waals surface area contributed by atoms with Gasteiger partial charge in [0.2, 0.25) is 0 Å². The van der Waals surface area contributed by atoms with Crippen molar-refractivity contribution in [3.63, 3.8) is 0 Å². The third-order valence-corrected chi connectivity index (χ3v) is 4.34. The van der Waals surface area contributed by atoms with Gasteiger partial charge in [-0.3, -0.25) is 4.72 Å². The van der Waals surface area contributed by atoms with Crippen LogP contribution in [0.1, 0.15) is 11.1 Å². The maximum absolute atomic E-state index is 13.3. The van der Waals surface area contributed by atoms with Crippen LogP contribution in [0.25, 0.3) is 0 Å². The van der Waals surface area contributed by atoms with E-state index in [9.17, 15) is 17.2 Å². The molecule has 0 saturated carbocycles. The van der Waals surface area contributed by atoms with Crippen molar-refractivity contribution in [3.05, 3.63) is 59.2 Å².